The molecular weight excluding hydrogens is 246 g/mol. The Labute approximate surface area is 121 Å². The number of hydrogen-bond acceptors (Lipinski definition) is 2. The van der Waals surface area contributed by atoms with Crippen molar-refractivity contribution >= 4 is 0 Å². The van der Waals surface area contributed by atoms with E-state index in [9.17, 15) is 0 Å². The van der Waals surface area contributed by atoms with Gasteiger partial charge in [0.25, 0.3) is 0 Å². The van der Waals surface area contributed by atoms with Crippen molar-refractivity contribution in [3.8, 4) is 5.75 Å². The van der Waals surface area contributed by atoms with Crippen LogP contribution in [0.2, 0.25) is 0 Å². The maximum Gasteiger partial charge on any atom is 0.120 e. The van der Waals surface area contributed by atoms with Crippen LogP contribution in [0.25, 0.3) is 0 Å². The molecule has 4 aliphatic carbocycles. The molecule has 2 nitrogen and oxygen atoms in total. The van der Waals surface area contributed by atoms with Gasteiger partial charge in [-0.15, -0.1) is 0 Å². The van der Waals surface area contributed by atoms with E-state index >= 15 is 0 Å². The van der Waals surface area contributed by atoms with E-state index in [0.717, 1.165) is 30.0 Å². The average molecular weight is 271 g/mol. The predicted octanol–water partition coefficient (Wildman–Crippen LogP) is 3.75. The second-order valence-electron chi connectivity index (χ2n) is 7.38. The second-order valence-corrected chi connectivity index (χ2v) is 7.38. The van der Waals surface area contributed by atoms with Crippen LogP contribution >= 0.6 is 0 Å². The normalized spacial score (nSPS) is 38.1. The molecular formula is C18H25NO. The van der Waals surface area contributed by atoms with Crippen LogP contribution in [0.1, 0.15) is 44.1 Å². The summed E-state index contributed by atoms with van der Waals surface area (Å²) >= 11 is 0. The van der Waals surface area contributed by atoms with E-state index in [1.54, 1.807) is 0 Å². The van der Waals surface area contributed by atoms with Crippen LogP contribution in [0.3, 0.4) is 0 Å². The van der Waals surface area contributed by atoms with Crippen LogP contribution in [-0.2, 0) is 6.54 Å². The lowest BCUT2D eigenvalue weighted by molar-refractivity contribution is -0.107. The van der Waals surface area contributed by atoms with Crippen molar-refractivity contribution < 1.29 is 4.74 Å². The van der Waals surface area contributed by atoms with Crippen molar-refractivity contribution in [3.05, 3.63) is 29.8 Å². The minimum atomic E-state index is 0.174. The Hall–Kier alpha value is -1.02. The number of rotatable bonds is 4. The smallest absolute Gasteiger partial charge is 0.120 e. The highest BCUT2D eigenvalue weighted by molar-refractivity contribution is 5.29. The molecule has 0 aliphatic heterocycles. The third-order valence-corrected chi connectivity index (χ3v) is 5.60. The summed E-state index contributed by atoms with van der Waals surface area (Å²) in [5.74, 6) is 3.92. The van der Waals surface area contributed by atoms with E-state index in [-0.39, 0.29) is 5.60 Å². The van der Waals surface area contributed by atoms with Crippen molar-refractivity contribution in [2.24, 2.45) is 17.8 Å². The highest BCUT2D eigenvalue weighted by Gasteiger charge is 2.52. The zero-order valence-electron chi connectivity index (χ0n) is 12.4. The molecule has 5 rings (SSSR count). The predicted molar refractivity (Wildman–Crippen MR) is 80.7 cm³/mol. The fraction of sp³-hybridized carbons (Fsp3) is 0.667. The minimum Gasteiger partial charge on any atom is -0.487 e. The Balaban J connectivity index is 1.55. The van der Waals surface area contributed by atoms with Crippen LogP contribution in [0.15, 0.2) is 24.3 Å². The first-order valence-electron chi connectivity index (χ1n) is 8.17. The van der Waals surface area contributed by atoms with Gasteiger partial charge in [0.1, 0.15) is 11.4 Å². The molecule has 1 aromatic rings. The van der Waals surface area contributed by atoms with Crippen molar-refractivity contribution in [1.82, 2.24) is 5.32 Å². The first kappa shape index (κ1) is 12.7. The maximum atomic E-state index is 6.57. The molecule has 0 spiro atoms. The van der Waals surface area contributed by atoms with Crippen molar-refractivity contribution in [3.63, 3.8) is 0 Å². The van der Waals surface area contributed by atoms with Crippen LogP contribution in [-0.4, -0.2) is 12.6 Å². The third kappa shape index (κ3) is 2.24. The molecule has 0 saturated heterocycles. The van der Waals surface area contributed by atoms with Gasteiger partial charge in [0.2, 0.25) is 0 Å². The molecule has 1 aromatic carbocycles. The quantitative estimate of drug-likeness (QED) is 0.900. The van der Waals surface area contributed by atoms with E-state index in [1.807, 2.05) is 7.05 Å². The molecule has 1 N–H and O–H groups in total. The van der Waals surface area contributed by atoms with Crippen LogP contribution < -0.4 is 10.1 Å². The standard InChI is InChI=1S/C18H25NO/c1-19-12-13-3-2-4-17(8-13)20-18-9-14-5-15(10-18)7-16(6-14)11-18/h2-4,8,14-16,19H,5-7,9-12H2,1H3. The Morgan fingerprint density at radius 2 is 1.75 bits per heavy atom. The molecule has 4 aliphatic rings. The molecule has 0 radical (unpaired) electrons. The van der Waals surface area contributed by atoms with E-state index in [0.29, 0.717) is 0 Å². The molecule has 4 saturated carbocycles. The molecule has 108 valence electrons. The summed E-state index contributed by atoms with van der Waals surface area (Å²) in [4.78, 5) is 0. The van der Waals surface area contributed by atoms with Gasteiger partial charge in [0.15, 0.2) is 0 Å². The number of ether oxygens (including phenoxy) is 1. The SMILES string of the molecule is CNCc1cccc(OC23CC4CC(CC(C4)C2)C3)c1. The number of hydrogen-bond donors (Lipinski definition) is 1. The minimum absolute atomic E-state index is 0.174. The van der Waals surface area contributed by atoms with Gasteiger partial charge in [0, 0.05) is 6.54 Å². The highest BCUT2D eigenvalue weighted by atomic mass is 16.5. The Bertz CT molecular complexity index is 461. The van der Waals surface area contributed by atoms with Gasteiger partial charge < -0.3 is 10.1 Å². The Morgan fingerprint density at radius 1 is 1.10 bits per heavy atom. The second kappa shape index (κ2) is 4.77. The Morgan fingerprint density at radius 3 is 2.35 bits per heavy atom. The van der Waals surface area contributed by atoms with E-state index in [2.05, 4.69) is 29.6 Å². The van der Waals surface area contributed by atoms with Gasteiger partial charge in [-0.1, -0.05) is 12.1 Å². The number of nitrogens with one attached hydrogen (secondary N) is 1. The van der Waals surface area contributed by atoms with Crippen molar-refractivity contribution in [2.45, 2.75) is 50.7 Å². The van der Waals surface area contributed by atoms with E-state index in [4.69, 9.17) is 4.74 Å². The zero-order chi connectivity index (χ0) is 13.6. The summed E-state index contributed by atoms with van der Waals surface area (Å²) in [6.45, 7) is 0.915. The summed E-state index contributed by atoms with van der Waals surface area (Å²) in [5.41, 5.74) is 1.49. The summed E-state index contributed by atoms with van der Waals surface area (Å²) < 4.78 is 6.57. The van der Waals surface area contributed by atoms with Gasteiger partial charge in [-0.25, -0.2) is 0 Å². The molecule has 0 atom stereocenters. The van der Waals surface area contributed by atoms with Crippen LogP contribution in [0, 0.1) is 17.8 Å². The highest BCUT2D eigenvalue weighted by Crippen LogP contribution is 2.57. The molecule has 0 amide bonds. The van der Waals surface area contributed by atoms with Gasteiger partial charge in [-0.2, -0.15) is 0 Å². The van der Waals surface area contributed by atoms with Gasteiger partial charge >= 0.3 is 0 Å². The molecule has 0 aromatic heterocycles. The fourth-order valence-corrected chi connectivity index (χ4v) is 5.33. The largest absolute Gasteiger partial charge is 0.487 e. The first-order valence-corrected chi connectivity index (χ1v) is 8.17. The molecule has 0 unspecified atom stereocenters. The summed E-state index contributed by atoms with van der Waals surface area (Å²) in [5, 5.41) is 3.22. The fourth-order valence-electron chi connectivity index (χ4n) is 5.33. The first-order chi connectivity index (χ1) is 9.75. The lowest BCUT2D eigenvalue weighted by Gasteiger charge is -2.56. The topological polar surface area (TPSA) is 21.3 Å². The molecule has 20 heavy (non-hydrogen) atoms. The summed E-state index contributed by atoms with van der Waals surface area (Å²) in [7, 11) is 1.99. The lowest BCUT2D eigenvalue weighted by Crippen LogP contribution is -2.53. The molecule has 2 heteroatoms. The molecule has 4 bridgehead atoms. The van der Waals surface area contributed by atoms with Crippen molar-refractivity contribution in [1.29, 1.82) is 0 Å². The maximum absolute atomic E-state index is 6.57. The lowest BCUT2D eigenvalue weighted by atomic mass is 9.54. The van der Waals surface area contributed by atoms with Crippen LogP contribution in [0.5, 0.6) is 5.75 Å². The zero-order valence-corrected chi connectivity index (χ0v) is 12.4. The van der Waals surface area contributed by atoms with E-state index < -0.39 is 0 Å². The molecule has 0 heterocycles. The molecule has 4 fully saturated rings. The van der Waals surface area contributed by atoms with E-state index in [1.165, 1.54) is 44.1 Å². The third-order valence-electron chi connectivity index (χ3n) is 5.60. The van der Waals surface area contributed by atoms with Gasteiger partial charge in [-0.05, 0) is 81.0 Å². The summed E-state index contributed by atoms with van der Waals surface area (Å²) in [6.07, 6.45) is 8.33. The Kier molecular flexibility index (Phi) is 3.03. The van der Waals surface area contributed by atoms with Crippen molar-refractivity contribution in [2.75, 3.05) is 7.05 Å². The van der Waals surface area contributed by atoms with Crippen LogP contribution in [0.4, 0.5) is 0 Å². The van der Waals surface area contributed by atoms with Gasteiger partial charge in [0.05, 0.1) is 0 Å². The van der Waals surface area contributed by atoms with Gasteiger partial charge in [-0.3, -0.25) is 0 Å². The average Bonchev–Trinajstić information content (AvgIpc) is 2.37. The monoisotopic (exact) mass is 271 g/mol. The number of benzene rings is 1. The summed E-state index contributed by atoms with van der Waals surface area (Å²) in [6, 6.07) is 8.65.